The van der Waals surface area contributed by atoms with Crippen molar-refractivity contribution >= 4 is 29.1 Å². The largest absolute Gasteiger partial charge is 0.355 e. The van der Waals surface area contributed by atoms with Gasteiger partial charge in [0.05, 0.1) is 17.2 Å². The van der Waals surface area contributed by atoms with Crippen molar-refractivity contribution in [2.45, 2.75) is 27.7 Å². The highest BCUT2D eigenvalue weighted by molar-refractivity contribution is 6.31. The number of anilines is 1. The highest BCUT2D eigenvalue weighted by Crippen LogP contribution is 2.59. The molecule has 5 heteroatoms. The molecule has 1 aliphatic carbocycles. The van der Waals surface area contributed by atoms with Crippen LogP contribution in [0.3, 0.4) is 0 Å². The topological polar surface area (TPSA) is 58.2 Å². The van der Waals surface area contributed by atoms with Crippen LogP contribution >= 0.6 is 11.6 Å². The van der Waals surface area contributed by atoms with Crippen LogP contribution in [0.5, 0.6) is 0 Å². The Balaban J connectivity index is 2.23. The predicted octanol–water partition coefficient (Wildman–Crippen LogP) is 3.88. The summed E-state index contributed by atoms with van der Waals surface area (Å²) in [4.78, 5) is 24.6. The summed E-state index contributed by atoms with van der Waals surface area (Å²) in [5.41, 5.74) is 1.97. The number of allylic oxidation sites excluding steroid dienone is 2. The molecule has 0 aromatic heterocycles. The van der Waals surface area contributed by atoms with E-state index in [1.165, 1.54) is 5.57 Å². The fraction of sp³-hybridized carbons (Fsp3) is 0.444. The monoisotopic (exact) mass is 334 g/mol. The Bertz CT molecular complexity index is 676. The number of carbonyl (C=O) groups is 2. The zero-order valence-corrected chi connectivity index (χ0v) is 14.9. The molecule has 23 heavy (non-hydrogen) atoms. The zero-order valence-electron chi connectivity index (χ0n) is 14.2. The van der Waals surface area contributed by atoms with E-state index in [9.17, 15) is 9.59 Å². The van der Waals surface area contributed by atoms with Crippen molar-refractivity contribution in [2.75, 3.05) is 12.4 Å². The van der Waals surface area contributed by atoms with E-state index in [0.29, 0.717) is 16.3 Å². The van der Waals surface area contributed by atoms with E-state index in [2.05, 4.69) is 30.6 Å². The molecular formula is C18H23ClN2O2. The average molecular weight is 335 g/mol. The molecule has 1 aromatic carbocycles. The number of hydrogen-bond acceptors (Lipinski definition) is 2. The van der Waals surface area contributed by atoms with E-state index in [4.69, 9.17) is 11.6 Å². The molecule has 2 amide bonds. The van der Waals surface area contributed by atoms with E-state index in [1.54, 1.807) is 25.2 Å². The number of rotatable bonds is 4. The van der Waals surface area contributed by atoms with Crippen molar-refractivity contribution in [3.8, 4) is 0 Å². The van der Waals surface area contributed by atoms with Gasteiger partial charge in [-0.25, -0.2) is 0 Å². The Morgan fingerprint density at radius 2 is 1.91 bits per heavy atom. The summed E-state index contributed by atoms with van der Waals surface area (Å²) >= 11 is 6.00. The third kappa shape index (κ3) is 3.58. The van der Waals surface area contributed by atoms with Gasteiger partial charge in [0.1, 0.15) is 0 Å². The van der Waals surface area contributed by atoms with Gasteiger partial charge in [-0.05, 0) is 43.4 Å². The number of halogens is 1. The minimum atomic E-state index is -0.257. The van der Waals surface area contributed by atoms with Crippen molar-refractivity contribution in [3.63, 3.8) is 0 Å². The Kier molecular flexibility index (Phi) is 4.85. The molecule has 0 unspecified atom stereocenters. The third-order valence-corrected chi connectivity index (χ3v) is 4.65. The van der Waals surface area contributed by atoms with Crippen LogP contribution in [0.25, 0.3) is 0 Å². The van der Waals surface area contributed by atoms with Crippen molar-refractivity contribution in [1.29, 1.82) is 0 Å². The number of carbonyl (C=O) groups excluding carboxylic acids is 2. The summed E-state index contributed by atoms with van der Waals surface area (Å²) in [7, 11) is 1.55. The first-order valence-electron chi connectivity index (χ1n) is 7.66. The van der Waals surface area contributed by atoms with Gasteiger partial charge in [-0.15, -0.1) is 0 Å². The maximum atomic E-state index is 12.6. The molecule has 1 saturated carbocycles. The summed E-state index contributed by atoms with van der Waals surface area (Å²) in [5.74, 6) is -0.221. The molecule has 2 atom stereocenters. The van der Waals surface area contributed by atoms with E-state index >= 15 is 0 Å². The Morgan fingerprint density at radius 3 is 2.48 bits per heavy atom. The maximum absolute atomic E-state index is 12.6. The standard InChI is InChI=1S/C18H23ClN2O2/c1-10(2)8-13-15(18(13,3)4)17(23)21-14-9-11(19)6-7-12(14)16(22)20-5/h6-9,13,15H,1-5H3,(H,20,22)(H,21,23)/t13-,15+/m1/s1. The Labute approximate surface area is 142 Å². The van der Waals surface area contributed by atoms with Crippen LogP contribution in [0, 0.1) is 17.3 Å². The van der Waals surface area contributed by atoms with E-state index < -0.39 is 0 Å². The van der Waals surface area contributed by atoms with Gasteiger partial charge in [-0.2, -0.15) is 0 Å². The molecule has 0 spiro atoms. The average Bonchev–Trinajstić information content (AvgIpc) is 2.98. The van der Waals surface area contributed by atoms with Gasteiger partial charge < -0.3 is 10.6 Å². The summed E-state index contributed by atoms with van der Waals surface area (Å²) in [6.45, 7) is 8.23. The van der Waals surface area contributed by atoms with E-state index in [1.807, 2.05) is 13.8 Å². The Hall–Kier alpha value is -1.81. The molecule has 0 heterocycles. The first kappa shape index (κ1) is 17.5. The van der Waals surface area contributed by atoms with Crippen molar-refractivity contribution < 1.29 is 9.59 Å². The fourth-order valence-electron chi connectivity index (χ4n) is 3.01. The van der Waals surface area contributed by atoms with Crippen LogP contribution in [-0.2, 0) is 4.79 Å². The second-order valence-electron chi connectivity index (χ2n) is 6.83. The van der Waals surface area contributed by atoms with Crippen LogP contribution in [0.4, 0.5) is 5.69 Å². The molecule has 1 fully saturated rings. The molecule has 0 aliphatic heterocycles. The minimum absolute atomic E-state index is 0.0763. The van der Waals surface area contributed by atoms with Crippen LogP contribution in [0.15, 0.2) is 29.8 Å². The molecule has 1 aliphatic rings. The zero-order chi connectivity index (χ0) is 17.4. The quantitative estimate of drug-likeness (QED) is 0.821. The second kappa shape index (κ2) is 6.36. The second-order valence-corrected chi connectivity index (χ2v) is 7.26. The molecule has 0 bridgehead atoms. The number of nitrogens with one attached hydrogen (secondary N) is 2. The van der Waals surface area contributed by atoms with Crippen LogP contribution in [0.2, 0.25) is 5.02 Å². The van der Waals surface area contributed by atoms with Gasteiger partial charge >= 0.3 is 0 Å². The molecule has 4 nitrogen and oxygen atoms in total. The van der Waals surface area contributed by atoms with Gasteiger partial charge in [-0.1, -0.05) is 37.1 Å². The molecular weight excluding hydrogens is 312 g/mol. The lowest BCUT2D eigenvalue weighted by molar-refractivity contribution is -0.118. The lowest BCUT2D eigenvalue weighted by Crippen LogP contribution is -2.23. The summed E-state index contributed by atoms with van der Waals surface area (Å²) < 4.78 is 0. The van der Waals surface area contributed by atoms with Gasteiger partial charge in [0.15, 0.2) is 0 Å². The molecule has 2 rings (SSSR count). The first-order chi connectivity index (χ1) is 10.7. The highest BCUT2D eigenvalue weighted by Gasteiger charge is 2.60. The SMILES string of the molecule is CNC(=O)c1ccc(Cl)cc1NC(=O)[C@@H]1[C@@H](C=C(C)C)C1(C)C. The number of hydrogen-bond donors (Lipinski definition) is 2. The van der Waals surface area contributed by atoms with Gasteiger partial charge in [-0.3, -0.25) is 9.59 Å². The summed E-state index contributed by atoms with van der Waals surface area (Å²) in [6, 6.07) is 4.85. The highest BCUT2D eigenvalue weighted by atomic mass is 35.5. The maximum Gasteiger partial charge on any atom is 0.253 e. The van der Waals surface area contributed by atoms with E-state index in [-0.39, 0.29) is 29.1 Å². The van der Waals surface area contributed by atoms with Crippen molar-refractivity contribution in [2.24, 2.45) is 17.3 Å². The number of benzene rings is 1. The van der Waals surface area contributed by atoms with Crippen molar-refractivity contribution in [1.82, 2.24) is 5.32 Å². The van der Waals surface area contributed by atoms with Gasteiger partial charge in [0.2, 0.25) is 5.91 Å². The Morgan fingerprint density at radius 1 is 1.26 bits per heavy atom. The lowest BCUT2D eigenvalue weighted by atomic mass is 10.1. The molecule has 1 aromatic rings. The van der Waals surface area contributed by atoms with Crippen LogP contribution < -0.4 is 10.6 Å². The molecule has 0 saturated heterocycles. The predicted molar refractivity (Wildman–Crippen MR) is 93.7 cm³/mol. The summed E-state index contributed by atoms with van der Waals surface area (Å²) in [6.07, 6.45) is 2.14. The third-order valence-electron chi connectivity index (χ3n) is 4.42. The molecule has 2 N–H and O–H groups in total. The van der Waals surface area contributed by atoms with Crippen molar-refractivity contribution in [3.05, 3.63) is 40.4 Å². The molecule has 124 valence electrons. The fourth-order valence-corrected chi connectivity index (χ4v) is 3.18. The van der Waals surface area contributed by atoms with E-state index in [0.717, 1.165) is 0 Å². The smallest absolute Gasteiger partial charge is 0.253 e. The number of amides is 2. The minimum Gasteiger partial charge on any atom is -0.355 e. The van der Waals surface area contributed by atoms with Gasteiger partial charge in [0.25, 0.3) is 5.91 Å². The first-order valence-corrected chi connectivity index (χ1v) is 8.03. The normalized spacial score (nSPS) is 21.3. The van der Waals surface area contributed by atoms with Crippen LogP contribution in [-0.4, -0.2) is 18.9 Å². The molecule has 0 radical (unpaired) electrons. The van der Waals surface area contributed by atoms with Gasteiger partial charge in [0, 0.05) is 12.1 Å². The lowest BCUT2D eigenvalue weighted by Gasteiger charge is -2.11. The summed E-state index contributed by atoms with van der Waals surface area (Å²) in [5, 5.41) is 5.92. The van der Waals surface area contributed by atoms with Crippen LogP contribution in [0.1, 0.15) is 38.1 Å².